The van der Waals surface area contributed by atoms with Crippen LogP contribution in [-0.4, -0.2) is 41.8 Å². The predicted octanol–water partition coefficient (Wildman–Crippen LogP) is 2.23. The molecular formula is C15H20F2N2O2. The Morgan fingerprint density at radius 3 is 2.95 bits per heavy atom. The van der Waals surface area contributed by atoms with Gasteiger partial charge in [0.15, 0.2) is 0 Å². The van der Waals surface area contributed by atoms with Crippen LogP contribution in [0.2, 0.25) is 0 Å². The second-order valence-corrected chi connectivity index (χ2v) is 5.42. The number of amides is 2. The van der Waals surface area contributed by atoms with Crippen molar-refractivity contribution in [1.82, 2.24) is 10.2 Å². The molecule has 1 aliphatic rings. The smallest absolute Gasteiger partial charge is 0.317 e. The van der Waals surface area contributed by atoms with Crippen LogP contribution in [0.3, 0.4) is 0 Å². The second-order valence-electron chi connectivity index (χ2n) is 5.42. The maximum atomic E-state index is 13.6. The lowest BCUT2D eigenvalue weighted by Crippen LogP contribution is -2.45. The van der Waals surface area contributed by atoms with Crippen LogP contribution in [0.5, 0.6) is 0 Å². The Balaban J connectivity index is 1.91. The van der Waals surface area contributed by atoms with Crippen LogP contribution in [0, 0.1) is 11.6 Å². The maximum absolute atomic E-state index is 13.6. The lowest BCUT2D eigenvalue weighted by molar-refractivity contribution is 0.157. The lowest BCUT2D eigenvalue weighted by atomic mass is 10.0. The Kier molecular flexibility index (Phi) is 5.12. The number of carbonyl (C=O) groups excluding carboxylic acids is 1. The summed E-state index contributed by atoms with van der Waals surface area (Å²) in [5.41, 5.74) is 0.372. The predicted molar refractivity (Wildman–Crippen MR) is 75.0 cm³/mol. The van der Waals surface area contributed by atoms with Crippen LogP contribution in [0.25, 0.3) is 0 Å². The van der Waals surface area contributed by atoms with E-state index in [-0.39, 0.29) is 31.1 Å². The summed E-state index contributed by atoms with van der Waals surface area (Å²) in [6.45, 7) is 2.60. The van der Waals surface area contributed by atoms with Crippen molar-refractivity contribution in [3.8, 4) is 0 Å². The molecular weight excluding hydrogens is 278 g/mol. The van der Waals surface area contributed by atoms with Gasteiger partial charge in [0, 0.05) is 25.1 Å². The van der Waals surface area contributed by atoms with Crippen molar-refractivity contribution in [1.29, 1.82) is 0 Å². The van der Waals surface area contributed by atoms with Gasteiger partial charge in [-0.15, -0.1) is 0 Å². The van der Waals surface area contributed by atoms with Gasteiger partial charge in [0.05, 0.1) is 12.6 Å². The molecule has 2 rings (SSSR count). The van der Waals surface area contributed by atoms with Crippen molar-refractivity contribution in [3.05, 3.63) is 35.4 Å². The third-order valence-corrected chi connectivity index (χ3v) is 3.90. The average Bonchev–Trinajstić information content (AvgIpc) is 2.92. The second kappa shape index (κ2) is 6.85. The zero-order valence-corrected chi connectivity index (χ0v) is 12.0. The highest BCUT2D eigenvalue weighted by molar-refractivity contribution is 5.74. The number of hydrogen-bond acceptors (Lipinski definition) is 2. The summed E-state index contributed by atoms with van der Waals surface area (Å²) in [6, 6.07) is 3.06. The molecule has 1 heterocycles. The summed E-state index contributed by atoms with van der Waals surface area (Å²) in [5, 5.41) is 11.9. The van der Waals surface area contributed by atoms with Crippen LogP contribution < -0.4 is 5.32 Å². The van der Waals surface area contributed by atoms with E-state index in [1.807, 2.05) is 0 Å². The molecule has 2 atom stereocenters. The fourth-order valence-electron chi connectivity index (χ4n) is 2.65. The molecule has 2 N–H and O–H groups in total. The summed E-state index contributed by atoms with van der Waals surface area (Å²) < 4.78 is 26.5. The van der Waals surface area contributed by atoms with Crippen LogP contribution >= 0.6 is 0 Å². The number of nitrogens with one attached hydrogen (secondary N) is 1. The number of nitrogens with zero attached hydrogens (tertiary/aromatic N) is 1. The van der Waals surface area contributed by atoms with Crippen LogP contribution in [0.4, 0.5) is 13.6 Å². The van der Waals surface area contributed by atoms with Crippen molar-refractivity contribution in [2.45, 2.75) is 31.7 Å². The fraction of sp³-hybridized carbons (Fsp3) is 0.533. The quantitative estimate of drug-likeness (QED) is 0.895. The minimum absolute atomic E-state index is 0.0461. The molecule has 0 spiro atoms. The van der Waals surface area contributed by atoms with Crippen molar-refractivity contribution < 1.29 is 18.7 Å². The minimum atomic E-state index is -0.615. The molecule has 21 heavy (non-hydrogen) atoms. The molecule has 1 fully saturated rings. The number of urea groups is 1. The van der Waals surface area contributed by atoms with E-state index in [0.717, 1.165) is 18.9 Å². The normalized spacial score (nSPS) is 19.6. The Labute approximate surface area is 122 Å². The summed E-state index contributed by atoms with van der Waals surface area (Å²) >= 11 is 0. The monoisotopic (exact) mass is 298 g/mol. The molecule has 1 aromatic rings. The molecule has 0 aliphatic carbocycles. The molecule has 6 heteroatoms. The van der Waals surface area contributed by atoms with E-state index >= 15 is 0 Å². The molecule has 2 amide bonds. The molecule has 4 nitrogen and oxygen atoms in total. The van der Waals surface area contributed by atoms with E-state index in [1.165, 1.54) is 12.1 Å². The third-order valence-electron chi connectivity index (χ3n) is 3.90. The molecule has 1 aromatic carbocycles. The number of aliphatic hydroxyl groups is 1. The first-order chi connectivity index (χ1) is 10.0. The van der Waals surface area contributed by atoms with Crippen molar-refractivity contribution in [2.24, 2.45) is 0 Å². The van der Waals surface area contributed by atoms with Gasteiger partial charge in [-0.3, -0.25) is 0 Å². The molecule has 1 aliphatic heterocycles. The van der Waals surface area contributed by atoms with Gasteiger partial charge < -0.3 is 15.3 Å². The van der Waals surface area contributed by atoms with Crippen LogP contribution in [0.1, 0.15) is 31.2 Å². The van der Waals surface area contributed by atoms with Gasteiger partial charge in [-0.1, -0.05) is 13.0 Å². The minimum Gasteiger partial charge on any atom is -0.394 e. The van der Waals surface area contributed by atoms with E-state index in [9.17, 15) is 18.7 Å². The number of halogens is 2. The lowest BCUT2D eigenvalue weighted by Gasteiger charge is -2.24. The highest BCUT2D eigenvalue weighted by Crippen LogP contribution is 2.20. The van der Waals surface area contributed by atoms with Gasteiger partial charge in [0.1, 0.15) is 11.6 Å². The van der Waals surface area contributed by atoms with Crippen LogP contribution in [-0.2, 0) is 0 Å². The topological polar surface area (TPSA) is 52.6 Å². The summed E-state index contributed by atoms with van der Waals surface area (Å²) in [7, 11) is 0. The van der Waals surface area contributed by atoms with Crippen LogP contribution in [0.15, 0.2) is 18.2 Å². The molecule has 0 unspecified atom stereocenters. The Bertz CT molecular complexity index is 510. The van der Waals surface area contributed by atoms with Crippen molar-refractivity contribution in [3.63, 3.8) is 0 Å². The molecule has 0 radical (unpaired) electrons. The standard InChI is InChI=1S/C15H20F2N2O2/c1-10(13-5-4-11(16)7-14(13)17)8-18-15(21)19-6-2-3-12(19)9-20/h4-5,7,10,12,20H,2-3,6,8-9H2,1H3,(H,18,21)/t10-,12+/m1/s1. The number of hydrogen-bond donors (Lipinski definition) is 2. The number of rotatable bonds is 4. The van der Waals surface area contributed by atoms with Gasteiger partial charge in [-0.2, -0.15) is 0 Å². The molecule has 116 valence electrons. The fourth-order valence-corrected chi connectivity index (χ4v) is 2.65. The SMILES string of the molecule is C[C@H](CNC(=O)N1CCC[C@H]1CO)c1ccc(F)cc1F. The van der Waals surface area contributed by atoms with E-state index in [1.54, 1.807) is 11.8 Å². The number of likely N-dealkylation sites (tertiary alicyclic amines) is 1. The number of carbonyl (C=O) groups is 1. The average molecular weight is 298 g/mol. The first-order valence-corrected chi connectivity index (χ1v) is 7.13. The van der Waals surface area contributed by atoms with Gasteiger partial charge in [0.25, 0.3) is 0 Å². The third kappa shape index (κ3) is 3.69. The zero-order valence-electron chi connectivity index (χ0n) is 12.0. The van der Waals surface area contributed by atoms with E-state index in [4.69, 9.17) is 0 Å². The Hall–Kier alpha value is -1.69. The highest BCUT2D eigenvalue weighted by atomic mass is 19.1. The summed E-state index contributed by atoms with van der Waals surface area (Å²) in [5.74, 6) is -1.48. The largest absolute Gasteiger partial charge is 0.394 e. The maximum Gasteiger partial charge on any atom is 0.317 e. The first kappa shape index (κ1) is 15.7. The van der Waals surface area contributed by atoms with Gasteiger partial charge in [-0.05, 0) is 24.5 Å². The van der Waals surface area contributed by atoms with Gasteiger partial charge in [0.2, 0.25) is 0 Å². The Morgan fingerprint density at radius 1 is 1.52 bits per heavy atom. The molecule has 0 aromatic heterocycles. The number of benzene rings is 1. The first-order valence-electron chi connectivity index (χ1n) is 7.13. The Morgan fingerprint density at radius 2 is 2.29 bits per heavy atom. The van der Waals surface area contributed by atoms with Gasteiger partial charge >= 0.3 is 6.03 Å². The molecule has 0 bridgehead atoms. The van der Waals surface area contributed by atoms with E-state index < -0.39 is 11.6 Å². The summed E-state index contributed by atoms with van der Waals surface area (Å²) in [4.78, 5) is 13.6. The number of aliphatic hydroxyl groups excluding tert-OH is 1. The van der Waals surface area contributed by atoms with E-state index in [0.29, 0.717) is 12.1 Å². The van der Waals surface area contributed by atoms with E-state index in [2.05, 4.69) is 5.32 Å². The molecule has 0 saturated carbocycles. The van der Waals surface area contributed by atoms with Crippen molar-refractivity contribution >= 4 is 6.03 Å². The van der Waals surface area contributed by atoms with Gasteiger partial charge in [-0.25, -0.2) is 13.6 Å². The molecule has 1 saturated heterocycles. The zero-order chi connectivity index (χ0) is 15.4. The van der Waals surface area contributed by atoms with Crippen molar-refractivity contribution in [2.75, 3.05) is 19.7 Å². The summed E-state index contributed by atoms with van der Waals surface area (Å²) in [6.07, 6.45) is 1.67. The highest BCUT2D eigenvalue weighted by Gasteiger charge is 2.28.